The summed E-state index contributed by atoms with van der Waals surface area (Å²) in [6.45, 7) is 0.536. The Morgan fingerprint density at radius 1 is 1.21 bits per heavy atom. The minimum absolute atomic E-state index is 0.00952. The van der Waals surface area contributed by atoms with Crippen molar-refractivity contribution in [3.63, 3.8) is 0 Å². The molecule has 0 aliphatic rings. The number of hydrogen-bond acceptors (Lipinski definition) is 4. The molecule has 2 aromatic carbocycles. The predicted octanol–water partition coefficient (Wildman–Crippen LogP) is 3.22. The first kappa shape index (κ1) is 12.9. The molecule has 19 heavy (non-hydrogen) atoms. The molecular formula is C14H14N2O3. The van der Waals surface area contributed by atoms with Gasteiger partial charge in [-0.15, -0.1) is 0 Å². The molecule has 0 atom stereocenters. The van der Waals surface area contributed by atoms with E-state index in [1.165, 1.54) is 13.2 Å². The highest BCUT2D eigenvalue weighted by Crippen LogP contribution is 2.29. The maximum atomic E-state index is 11.0. The van der Waals surface area contributed by atoms with Crippen molar-refractivity contribution in [2.45, 2.75) is 6.54 Å². The van der Waals surface area contributed by atoms with Gasteiger partial charge in [0.2, 0.25) is 0 Å². The first-order valence-corrected chi connectivity index (χ1v) is 5.81. The van der Waals surface area contributed by atoms with Crippen LogP contribution in [0.5, 0.6) is 5.75 Å². The molecule has 5 nitrogen and oxygen atoms in total. The van der Waals surface area contributed by atoms with Crippen LogP contribution in [-0.4, -0.2) is 12.0 Å². The lowest BCUT2D eigenvalue weighted by atomic mass is 10.2. The minimum Gasteiger partial charge on any atom is -0.496 e. The highest BCUT2D eigenvalue weighted by molar-refractivity contribution is 5.64. The van der Waals surface area contributed by atoms with E-state index < -0.39 is 4.92 Å². The number of anilines is 1. The molecule has 0 aliphatic carbocycles. The molecule has 0 aliphatic heterocycles. The second-order valence-electron chi connectivity index (χ2n) is 3.98. The molecule has 0 heterocycles. The van der Waals surface area contributed by atoms with Crippen LogP contribution in [0.3, 0.4) is 0 Å². The standard InChI is InChI=1S/C14H14N2O3/c1-19-12-7-8-13(14(9-12)16(17)18)15-10-11-5-3-2-4-6-11/h2-9,15H,10H2,1H3. The van der Waals surface area contributed by atoms with Crippen LogP contribution in [0.2, 0.25) is 0 Å². The number of nitrogens with one attached hydrogen (secondary N) is 1. The molecule has 0 aromatic heterocycles. The zero-order valence-electron chi connectivity index (χ0n) is 10.5. The lowest BCUT2D eigenvalue weighted by molar-refractivity contribution is -0.384. The maximum Gasteiger partial charge on any atom is 0.296 e. The van der Waals surface area contributed by atoms with Crippen LogP contribution in [0.15, 0.2) is 48.5 Å². The molecule has 0 unspecified atom stereocenters. The van der Waals surface area contributed by atoms with Crippen molar-refractivity contribution in [1.82, 2.24) is 0 Å². The van der Waals surface area contributed by atoms with Crippen LogP contribution in [0.25, 0.3) is 0 Å². The Labute approximate surface area is 111 Å². The highest BCUT2D eigenvalue weighted by Gasteiger charge is 2.14. The van der Waals surface area contributed by atoms with Gasteiger partial charge in [-0.25, -0.2) is 0 Å². The molecule has 2 rings (SSSR count). The van der Waals surface area contributed by atoms with Crippen LogP contribution >= 0.6 is 0 Å². The summed E-state index contributed by atoms with van der Waals surface area (Å²) in [7, 11) is 1.48. The number of nitro benzene ring substituents is 1. The fourth-order valence-corrected chi connectivity index (χ4v) is 1.73. The predicted molar refractivity (Wildman–Crippen MR) is 73.4 cm³/mol. The monoisotopic (exact) mass is 258 g/mol. The number of benzene rings is 2. The molecule has 2 aromatic rings. The van der Waals surface area contributed by atoms with Gasteiger partial charge >= 0.3 is 0 Å². The highest BCUT2D eigenvalue weighted by atomic mass is 16.6. The van der Waals surface area contributed by atoms with Crippen molar-refractivity contribution in [3.8, 4) is 5.75 Å². The Balaban J connectivity index is 2.18. The molecule has 0 saturated carbocycles. The van der Waals surface area contributed by atoms with E-state index in [0.717, 1.165) is 5.56 Å². The average Bonchev–Trinajstić information content (AvgIpc) is 2.46. The molecule has 5 heteroatoms. The van der Waals surface area contributed by atoms with Crippen molar-refractivity contribution < 1.29 is 9.66 Å². The average molecular weight is 258 g/mol. The van der Waals surface area contributed by atoms with Gasteiger partial charge in [-0.2, -0.15) is 0 Å². The third kappa shape index (κ3) is 3.22. The largest absolute Gasteiger partial charge is 0.496 e. The smallest absolute Gasteiger partial charge is 0.296 e. The lowest BCUT2D eigenvalue weighted by Gasteiger charge is -2.08. The molecule has 0 bridgehead atoms. The van der Waals surface area contributed by atoms with E-state index in [9.17, 15) is 10.1 Å². The van der Waals surface area contributed by atoms with Crippen molar-refractivity contribution in [3.05, 3.63) is 64.2 Å². The fraction of sp³-hybridized carbons (Fsp3) is 0.143. The van der Waals surface area contributed by atoms with E-state index in [1.807, 2.05) is 30.3 Å². The molecule has 0 fully saturated rings. The van der Waals surface area contributed by atoms with Crippen LogP contribution in [-0.2, 0) is 6.54 Å². The SMILES string of the molecule is COc1ccc(NCc2ccccc2)c([N+](=O)[O-])c1. The first-order valence-electron chi connectivity index (χ1n) is 5.81. The number of nitro groups is 1. The summed E-state index contributed by atoms with van der Waals surface area (Å²) in [6, 6.07) is 14.5. The topological polar surface area (TPSA) is 64.4 Å². The Kier molecular flexibility index (Phi) is 3.97. The van der Waals surface area contributed by atoms with E-state index in [1.54, 1.807) is 12.1 Å². The third-order valence-corrected chi connectivity index (χ3v) is 2.73. The van der Waals surface area contributed by atoms with Crippen LogP contribution in [0.4, 0.5) is 11.4 Å². The Bertz CT molecular complexity index is 570. The van der Waals surface area contributed by atoms with E-state index >= 15 is 0 Å². The molecule has 1 N–H and O–H groups in total. The summed E-state index contributed by atoms with van der Waals surface area (Å²) < 4.78 is 4.99. The normalized spacial score (nSPS) is 9.95. The zero-order valence-corrected chi connectivity index (χ0v) is 10.5. The number of methoxy groups -OCH3 is 1. The van der Waals surface area contributed by atoms with Gasteiger partial charge in [0.05, 0.1) is 18.1 Å². The Hall–Kier alpha value is -2.56. The summed E-state index contributed by atoms with van der Waals surface area (Å²) in [6.07, 6.45) is 0. The van der Waals surface area contributed by atoms with Gasteiger partial charge in [0.1, 0.15) is 11.4 Å². The summed E-state index contributed by atoms with van der Waals surface area (Å²) >= 11 is 0. The second kappa shape index (κ2) is 5.86. The van der Waals surface area contributed by atoms with Gasteiger partial charge in [-0.05, 0) is 17.7 Å². The molecule has 0 saturated heterocycles. The maximum absolute atomic E-state index is 11.0. The third-order valence-electron chi connectivity index (χ3n) is 2.73. The molecule has 98 valence electrons. The van der Waals surface area contributed by atoms with E-state index in [0.29, 0.717) is 18.0 Å². The van der Waals surface area contributed by atoms with Crippen molar-refractivity contribution in [2.75, 3.05) is 12.4 Å². The first-order chi connectivity index (χ1) is 9.20. The number of rotatable bonds is 5. The van der Waals surface area contributed by atoms with Gasteiger partial charge in [0, 0.05) is 6.54 Å². The summed E-state index contributed by atoms with van der Waals surface area (Å²) in [5.41, 5.74) is 1.55. The minimum atomic E-state index is -0.421. The van der Waals surface area contributed by atoms with E-state index in [2.05, 4.69) is 5.32 Å². The van der Waals surface area contributed by atoms with Gasteiger partial charge in [-0.1, -0.05) is 30.3 Å². The second-order valence-corrected chi connectivity index (χ2v) is 3.98. The number of hydrogen-bond donors (Lipinski definition) is 1. The molecule has 0 radical (unpaired) electrons. The number of nitrogens with zero attached hydrogens (tertiary/aromatic N) is 1. The van der Waals surface area contributed by atoms with Crippen LogP contribution in [0.1, 0.15) is 5.56 Å². The van der Waals surface area contributed by atoms with Gasteiger partial charge in [-0.3, -0.25) is 10.1 Å². The molecule has 0 amide bonds. The van der Waals surface area contributed by atoms with Gasteiger partial charge in [0.25, 0.3) is 5.69 Å². The lowest BCUT2D eigenvalue weighted by Crippen LogP contribution is -2.02. The Morgan fingerprint density at radius 3 is 2.58 bits per heavy atom. The zero-order chi connectivity index (χ0) is 13.7. The van der Waals surface area contributed by atoms with Crippen molar-refractivity contribution in [2.24, 2.45) is 0 Å². The van der Waals surface area contributed by atoms with E-state index in [-0.39, 0.29) is 5.69 Å². The summed E-state index contributed by atoms with van der Waals surface area (Å²) in [4.78, 5) is 10.6. The molecular weight excluding hydrogens is 244 g/mol. The number of ether oxygens (including phenoxy) is 1. The van der Waals surface area contributed by atoms with Crippen LogP contribution < -0.4 is 10.1 Å². The Morgan fingerprint density at radius 2 is 1.95 bits per heavy atom. The summed E-state index contributed by atoms with van der Waals surface area (Å²) in [5.74, 6) is 0.469. The summed E-state index contributed by atoms with van der Waals surface area (Å²) in [5, 5.41) is 14.1. The van der Waals surface area contributed by atoms with Crippen molar-refractivity contribution in [1.29, 1.82) is 0 Å². The van der Waals surface area contributed by atoms with Crippen molar-refractivity contribution >= 4 is 11.4 Å². The van der Waals surface area contributed by atoms with Gasteiger partial charge < -0.3 is 10.1 Å². The van der Waals surface area contributed by atoms with Gasteiger partial charge in [0.15, 0.2) is 0 Å². The molecule has 0 spiro atoms. The van der Waals surface area contributed by atoms with Crippen LogP contribution in [0, 0.1) is 10.1 Å². The fourth-order valence-electron chi connectivity index (χ4n) is 1.73. The van der Waals surface area contributed by atoms with E-state index in [4.69, 9.17) is 4.74 Å². The quantitative estimate of drug-likeness (QED) is 0.660.